The van der Waals surface area contributed by atoms with E-state index in [9.17, 15) is 9.59 Å². The first-order chi connectivity index (χ1) is 11.6. The fraction of sp³-hybridized carbons (Fsp3) is 0.211. The van der Waals surface area contributed by atoms with Crippen molar-refractivity contribution in [1.82, 2.24) is 9.88 Å². The molecule has 1 aromatic heterocycles. The molecule has 0 unspecified atom stereocenters. The lowest BCUT2D eigenvalue weighted by Crippen LogP contribution is -2.36. The van der Waals surface area contributed by atoms with Crippen LogP contribution >= 0.6 is 0 Å². The number of aromatic carboxylic acids is 1. The van der Waals surface area contributed by atoms with Crippen molar-refractivity contribution in [2.75, 3.05) is 13.1 Å². The average molecular weight is 322 g/mol. The van der Waals surface area contributed by atoms with Crippen molar-refractivity contribution in [1.29, 1.82) is 0 Å². The molecule has 1 amide bonds. The van der Waals surface area contributed by atoms with Crippen LogP contribution in [0.25, 0.3) is 6.08 Å². The van der Waals surface area contributed by atoms with Gasteiger partial charge in [-0.1, -0.05) is 48.0 Å². The van der Waals surface area contributed by atoms with E-state index in [0.717, 1.165) is 12.8 Å². The number of benzene rings is 1. The van der Waals surface area contributed by atoms with Gasteiger partial charge in [0.05, 0.1) is 0 Å². The maximum Gasteiger partial charge on any atom is 0.354 e. The van der Waals surface area contributed by atoms with Crippen molar-refractivity contribution >= 4 is 18.0 Å². The fourth-order valence-corrected chi connectivity index (χ4v) is 2.76. The molecule has 1 fully saturated rings. The number of rotatable bonds is 3. The first-order valence-corrected chi connectivity index (χ1v) is 7.87. The van der Waals surface area contributed by atoms with Crippen molar-refractivity contribution in [2.24, 2.45) is 0 Å². The maximum absolute atomic E-state index is 12.5. The van der Waals surface area contributed by atoms with Crippen molar-refractivity contribution in [3.63, 3.8) is 0 Å². The van der Waals surface area contributed by atoms with Gasteiger partial charge in [-0.2, -0.15) is 0 Å². The Balaban J connectivity index is 1.66. The number of carboxylic acids is 1. The van der Waals surface area contributed by atoms with Crippen LogP contribution in [0.15, 0.2) is 54.1 Å². The summed E-state index contributed by atoms with van der Waals surface area (Å²) in [5.41, 5.74) is 2.56. The Morgan fingerprint density at radius 3 is 2.29 bits per heavy atom. The largest absolute Gasteiger partial charge is 0.477 e. The normalized spacial score (nSPS) is 14.3. The lowest BCUT2D eigenvalue weighted by Gasteiger charge is -2.28. The zero-order valence-electron chi connectivity index (χ0n) is 13.2. The highest BCUT2D eigenvalue weighted by molar-refractivity contribution is 5.94. The standard InChI is InChI=1S/C19H18N2O3/c22-18(16-7-4-8-17(20-16)19(23)24)21-11-9-15(10-12-21)13-14-5-2-1-3-6-14/h1-8,13H,9-12H2,(H,23,24). The van der Waals surface area contributed by atoms with E-state index in [1.807, 2.05) is 18.2 Å². The van der Waals surface area contributed by atoms with Crippen molar-refractivity contribution in [2.45, 2.75) is 12.8 Å². The summed E-state index contributed by atoms with van der Waals surface area (Å²) < 4.78 is 0. The third-order valence-electron chi connectivity index (χ3n) is 4.05. The van der Waals surface area contributed by atoms with Gasteiger partial charge >= 0.3 is 5.97 Å². The van der Waals surface area contributed by atoms with Gasteiger partial charge in [-0.05, 0) is 30.5 Å². The third-order valence-corrected chi connectivity index (χ3v) is 4.05. The molecule has 0 radical (unpaired) electrons. The van der Waals surface area contributed by atoms with Gasteiger partial charge in [0.25, 0.3) is 5.91 Å². The molecule has 122 valence electrons. The molecule has 0 spiro atoms. The number of nitrogens with zero attached hydrogens (tertiary/aromatic N) is 2. The van der Waals surface area contributed by atoms with Crippen molar-refractivity contribution in [3.05, 3.63) is 71.1 Å². The van der Waals surface area contributed by atoms with Gasteiger partial charge in [-0.25, -0.2) is 9.78 Å². The molecular weight excluding hydrogens is 304 g/mol. The van der Waals surface area contributed by atoms with Crippen LogP contribution in [0.2, 0.25) is 0 Å². The Labute approximate surface area is 140 Å². The summed E-state index contributed by atoms with van der Waals surface area (Å²) >= 11 is 0. The molecule has 0 aliphatic carbocycles. The minimum atomic E-state index is -1.13. The SMILES string of the molecule is O=C(O)c1cccc(C(=O)N2CCC(=Cc3ccccc3)CC2)n1. The van der Waals surface area contributed by atoms with Gasteiger partial charge < -0.3 is 10.0 Å². The Morgan fingerprint density at radius 1 is 0.958 bits per heavy atom. The number of amides is 1. The second-order valence-electron chi connectivity index (χ2n) is 5.72. The number of carbonyl (C=O) groups is 2. The van der Waals surface area contributed by atoms with Crippen LogP contribution in [0, 0.1) is 0 Å². The van der Waals surface area contributed by atoms with E-state index in [1.165, 1.54) is 17.2 Å². The predicted octanol–water partition coefficient (Wildman–Crippen LogP) is 3.10. The molecule has 0 atom stereocenters. The van der Waals surface area contributed by atoms with E-state index >= 15 is 0 Å². The summed E-state index contributed by atoms with van der Waals surface area (Å²) in [5.74, 6) is -1.34. The first kappa shape index (κ1) is 15.9. The minimum Gasteiger partial charge on any atom is -0.477 e. The molecule has 5 nitrogen and oxygen atoms in total. The summed E-state index contributed by atoms with van der Waals surface area (Å²) in [6, 6.07) is 14.6. The van der Waals surface area contributed by atoms with E-state index in [-0.39, 0.29) is 17.3 Å². The quantitative estimate of drug-likeness (QED) is 0.942. The number of hydrogen-bond donors (Lipinski definition) is 1. The van der Waals surface area contributed by atoms with Gasteiger partial charge in [0.2, 0.25) is 0 Å². The summed E-state index contributed by atoms with van der Waals surface area (Å²) in [6.07, 6.45) is 3.81. The molecule has 3 rings (SSSR count). The molecule has 1 aliphatic rings. The highest BCUT2D eigenvalue weighted by atomic mass is 16.4. The van der Waals surface area contributed by atoms with Crippen LogP contribution in [0.5, 0.6) is 0 Å². The van der Waals surface area contributed by atoms with Gasteiger partial charge in [0, 0.05) is 13.1 Å². The molecular formula is C19H18N2O3. The molecule has 2 heterocycles. The van der Waals surface area contributed by atoms with Crippen molar-refractivity contribution in [3.8, 4) is 0 Å². The van der Waals surface area contributed by atoms with Crippen LogP contribution in [0.4, 0.5) is 0 Å². The molecule has 1 N–H and O–H groups in total. The van der Waals surface area contributed by atoms with Gasteiger partial charge in [0.15, 0.2) is 0 Å². The number of carboxylic acid groups (broad SMARTS) is 1. The second kappa shape index (κ2) is 7.08. The van der Waals surface area contributed by atoms with E-state index < -0.39 is 5.97 Å². The summed E-state index contributed by atoms with van der Waals surface area (Å²) in [4.78, 5) is 29.1. The van der Waals surface area contributed by atoms with Gasteiger partial charge in [-0.3, -0.25) is 4.79 Å². The van der Waals surface area contributed by atoms with E-state index in [4.69, 9.17) is 5.11 Å². The van der Waals surface area contributed by atoms with E-state index in [2.05, 4.69) is 23.2 Å². The topological polar surface area (TPSA) is 70.5 Å². The zero-order valence-corrected chi connectivity index (χ0v) is 13.2. The second-order valence-corrected chi connectivity index (χ2v) is 5.72. The number of hydrogen-bond acceptors (Lipinski definition) is 3. The van der Waals surface area contributed by atoms with Crippen LogP contribution in [0.1, 0.15) is 39.4 Å². The smallest absolute Gasteiger partial charge is 0.354 e. The van der Waals surface area contributed by atoms with Crippen LogP contribution < -0.4 is 0 Å². The molecule has 0 bridgehead atoms. The highest BCUT2D eigenvalue weighted by Gasteiger charge is 2.22. The Kier molecular flexibility index (Phi) is 4.70. The maximum atomic E-state index is 12.5. The number of carbonyl (C=O) groups excluding carboxylic acids is 1. The number of piperidine rings is 1. The summed E-state index contributed by atoms with van der Waals surface area (Å²) in [6.45, 7) is 1.24. The Bertz CT molecular complexity index is 774. The highest BCUT2D eigenvalue weighted by Crippen LogP contribution is 2.20. The molecule has 24 heavy (non-hydrogen) atoms. The minimum absolute atomic E-state index is 0.109. The summed E-state index contributed by atoms with van der Waals surface area (Å²) in [7, 11) is 0. The molecule has 2 aromatic rings. The molecule has 5 heteroatoms. The first-order valence-electron chi connectivity index (χ1n) is 7.87. The zero-order chi connectivity index (χ0) is 16.9. The van der Waals surface area contributed by atoms with Crippen molar-refractivity contribution < 1.29 is 14.7 Å². The monoisotopic (exact) mass is 322 g/mol. The average Bonchev–Trinajstić information content (AvgIpc) is 2.63. The van der Waals surface area contributed by atoms with Gasteiger partial charge in [-0.15, -0.1) is 0 Å². The third kappa shape index (κ3) is 3.68. The molecule has 1 aromatic carbocycles. The number of likely N-dealkylation sites (tertiary alicyclic amines) is 1. The predicted molar refractivity (Wildman–Crippen MR) is 90.8 cm³/mol. The Morgan fingerprint density at radius 2 is 1.62 bits per heavy atom. The lowest BCUT2D eigenvalue weighted by atomic mass is 10.0. The number of pyridine rings is 1. The molecule has 1 aliphatic heterocycles. The summed E-state index contributed by atoms with van der Waals surface area (Å²) in [5, 5.41) is 8.98. The number of aromatic nitrogens is 1. The molecule has 0 saturated carbocycles. The van der Waals surface area contributed by atoms with E-state index in [0.29, 0.717) is 13.1 Å². The van der Waals surface area contributed by atoms with Gasteiger partial charge in [0.1, 0.15) is 11.4 Å². The van der Waals surface area contributed by atoms with Crippen LogP contribution in [0.3, 0.4) is 0 Å². The van der Waals surface area contributed by atoms with Crippen LogP contribution in [-0.4, -0.2) is 40.0 Å². The van der Waals surface area contributed by atoms with Crippen LogP contribution in [-0.2, 0) is 0 Å². The molecule has 1 saturated heterocycles. The van der Waals surface area contributed by atoms with E-state index in [1.54, 1.807) is 17.0 Å². The Hall–Kier alpha value is -2.95. The fourth-order valence-electron chi connectivity index (χ4n) is 2.76. The lowest BCUT2D eigenvalue weighted by molar-refractivity contribution is 0.0689.